The molecule has 0 bridgehead atoms. The maximum Gasteiger partial charge on any atom is 0.410 e. The highest BCUT2D eigenvalue weighted by molar-refractivity contribution is 5.84. The average molecular weight is 410 g/mol. The summed E-state index contributed by atoms with van der Waals surface area (Å²) in [6, 6.07) is 0. The third-order valence-electron chi connectivity index (χ3n) is 5.15. The Kier molecular flexibility index (Phi) is 8.07. The molecule has 0 aliphatic carbocycles. The Labute approximate surface area is 173 Å². The smallest absolute Gasteiger partial charge is 0.410 e. The number of hydrogen-bond acceptors (Lipinski definition) is 5. The number of hydrogen-bond donors (Lipinski definition) is 1. The summed E-state index contributed by atoms with van der Waals surface area (Å²) in [6.45, 7) is 7.70. The van der Waals surface area contributed by atoms with E-state index in [2.05, 4.69) is 5.32 Å². The molecular formula is C21H35N3O5. The molecule has 1 N–H and O–H groups in total. The van der Waals surface area contributed by atoms with Crippen LogP contribution in [0.4, 0.5) is 4.79 Å². The molecule has 2 rings (SSSR count). The van der Waals surface area contributed by atoms with Crippen molar-refractivity contribution in [3.63, 3.8) is 0 Å². The van der Waals surface area contributed by atoms with Crippen LogP contribution in [0.2, 0.25) is 0 Å². The van der Waals surface area contributed by atoms with Gasteiger partial charge in [-0.15, -0.1) is 0 Å². The number of carbonyl (C=O) groups is 3. The molecule has 0 aromatic carbocycles. The number of piperidine rings is 1. The van der Waals surface area contributed by atoms with Crippen LogP contribution in [0, 0.1) is 5.41 Å². The van der Waals surface area contributed by atoms with Gasteiger partial charge in [0.25, 0.3) is 0 Å². The molecule has 2 aliphatic heterocycles. The largest absolute Gasteiger partial charge is 0.444 e. The van der Waals surface area contributed by atoms with Gasteiger partial charge in [0.1, 0.15) is 5.60 Å². The molecule has 0 aromatic rings. The number of allylic oxidation sites excluding steroid dienone is 1. The van der Waals surface area contributed by atoms with Crippen molar-refractivity contribution in [1.29, 1.82) is 0 Å². The molecule has 3 amide bonds. The first kappa shape index (κ1) is 23.2. The summed E-state index contributed by atoms with van der Waals surface area (Å²) in [5.74, 6) is -0.0991. The molecule has 1 spiro atoms. The van der Waals surface area contributed by atoms with E-state index in [-0.39, 0.29) is 25.0 Å². The molecule has 2 aliphatic rings. The molecule has 8 nitrogen and oxygen atoms in total. The highest BCUT2D eigenvalue weighted by atomic mass is 16.6. The first-order valence-corrected chi connectivity index (χ1v) is 10.4. The van der Waals surface area contributed by atoms with Crippen molar-refractivity contribution in [1.82, 2.24) is 15.1 Å². The second kappa shape index (κ2) is 10.1. The number of rotatable bonds is 0. The van der Waals surface area contributed by atoms with Gasteiger partial charge in [-0.2, -0.15) is 0 Å². The first-order chi connectivity index (χ1) is 13.6. The van der Waals surface area contributed by atoms with Crippen molar-refractivity contribution in [3.8, 4) is 0 Å². The highest BCUT2D eigenvalue weighted by Crippen LogP contribution is 2.32. The minimum absolute atomic E-state index is 0.0466. The van der Waals surface area contributed by atoms with E-state index in [1.165, 1.54) is 0 Å². The summed E-state index contributed by atoms with van der Waals surface area (Å²) in [5.41, 5.74) is -1.42. The third-order valence-corrected chi connectivity index (χ3v) is 5.15. The normalized spacial score (nSPS) is 26.6. The van der Waals surface area contributed by atoms with Crippen LogP contribution in [0.5, 0.6) is 0 Å². The molecule has 1 saturated heterocycles. The van der Waals surface area contributed by atoms with Crippen LogP contribution in [0.15, 0.2) is 12.2 Å². The van der Waals surface area contributed by atoms with Crippen molar-refractivity contribution in [3.05, 3.63) is 12.2 Å². The van der Waals surface area contributed by atoms with E-state index in [0.717, 1.165) is 0 Å². The topological polar surface area (TPSA) is 88.2 Å². The summed E-state index contributed by atoms with van der Waals surface area (Å²) in [4.78, 5) is 41.0. The monoisotopic (exact) mass is 409 g/mol. The summed E-state index contributed by atoms with van der Waals surface area (Å²) < 4.78 is 11.3. The molecule has 0 saturated carbocycles. The lowest BCUT2D eigenvalue weighted by Crippen LogP contribution is -2.56. The molecule has 1 atom stereocenters. The van der Waals surface area contributed by atoms with Gasteiger partial charge >= 0.3 is 6.09 Å². The fourth-order valence-electron chi connectivity index (χ4n) is 3.54. The number of likely N-dealkylation sites (tertiary alicyclic amines) is 1. The molecule has 1 fully saturated rings. The first-order valence-electron chi connectivity index (χ1n) is 10.4. The van der Waals surface area contributed by atoms with Gasteiger partial charge in [-0.05, 0) is 40.0 Å². The number of ether oxygens (including phenoxy) is 2. The number of nitrogens with zero attached hydrogens (tertiary/aromatic N) is 2. The van der Waals surface area contributed by atoms with Crippen LogP contribution < -0.4 is 5.32 Å². The second-order valence-corrected chi connectivity index (χ2v) is 8.88. The Bertz CT molecular complexity index is 628. The van der Waals surface area contributed by atoms with Crippen molar-refractivity contribution in [2.24, 2.45) is 5.41 Å². The summed E-state index contributed by atoms with van der Waals surface area (Å²) >= 11 is 0. The van der Waals surface area contributed by atoms with Gasteiger partial charge in [-0.3, -0.25) is 9.59 Å². The summed E-state index contributed by atoms with van der Waals surface area (Å²) in [7, 11) is 1.74. The van der Waals surface area contributed by atoms with E-state index in [4.69, 9.17) is 9.47 Å². The number of amides is 3. The molecule has 1 unspecified atom stereocenters. The van der Waals surface area contributed by atoms with E-state index < -0.39 is 17.1 Å². The molecule has 2 heterocycles. The molecule has 0 aromatic heterocycles. The zero-order chi connectivity index (χ0) is 21.5. The van der Waals surface area contributed by atoms with Crippen LogP contribution in [0.3, 0.4) is 0 Å². The lowest BCUT2D eigenvalue weighted by atomic mass is 9.79. The Morgan fingerprint density at radius 2 is 2.00 bits per heavy atom. The molecular weight excluding hydrogens is 374 g/mol. The van der Waals surface area contributed by atoms with E-state index in [0.29, 0.717) is 51.9 Å². The van der Waals surface area contributed by atoms with Gasteiger partial charge in [-0.1, -0.05) is 12.2 Å². The van der Waals surface area contributed by atoms with Crippen LogP contribution in [0.1, 0.15) is 46.5 Å². The predicted molar refractivity (Wildman–Crippen MR) is 109 cm³/mol. The summed E-state index contributed by atoms with van der Waals surface area (Å²) in [6.07, 6.45) is 5.83. The fourth-order valence-corrected chi connectivity index (χ4v) is 3.54. The van der Waals surface area contributed by atoms with E-state index >= 15 is 0 Å². The van der Waals surface area contributed by atoms with E-state index in [9.17, 15) is 14.4 Å². The zero-order valence-corrected chi connectivity index (χ0v) is 18.2. The third kappa shape index (κ3) is 7.03. The van der Waals surface area contributed by atoms with Gasteiger partial charge in [0, 0.05) is 39.6 Å². The molecule has 29 heavy (non-hydrogen) atoms. The van der Waals surface area contributed by atoms with Crippen LogP contribution in [0.25, 0.3) is 0 Å². The predicted octanol–water partition coefficient (Wildman–Crippen LogP) is 1.94. The van der Waals surface area contributed by atoms with Gasteiger partial charge in [0.15, 0.2) is 0 Å². The van der Waals surface area contributed by atoms with E-state index in [1.807, 2.05) is 32.9 Å². The lowest BCUT2D eigenvalue weighted by Gasteiger charge is -2.41. The lowest BCUT2D eigenvalue weighted by molar-refractivity contribution is -0.139. The Morgan fingerprint density at radius 1 is 1.24 bits per heavy atom. The van der Waals surface area contributed by atoms with Crippen molar-refractivity contribution >= 4 is 17.9 Å². The van der Waals surface area contributed by atoms with Crippen LogP contribution >= 0.6 is 0 Å². The number of carbonyl (C=O) groups excluding carboxylic acids is 3. The molecule has 164 valence electrons. The maximum absolute atomic E-state index is 13.1. The van der Waals surface area contributed by atoms with Gasteiger partial charge in [0.2, 0.25) is 11.8 Å². The van der Waals surface area contributed by atoms with Crippen molar-refractivity contribution < 1.29 is 23.9 Å². The molecule has 0 radical (unpaired) electrons. The Balaban J connectivity index is 2.13. The number of likely N-dealkylation sites (N-methyl/N-ethyl adjacent to an activating group) is 1. The van der Waals surface area contributed by atoms with Gasteiger partial charge in [-0.25, -0.2) is 4.79 Å². The Morgan fingerprint density at radius 3 is 2.72 bits per heavy atom. The molecule has 8 heteroatoms. The van der Waals surface area contributed by atoms with Crippen molar-refractivity contribution in [2.45, 2.75) is 52.1 Å². The fraction of sp³-hybridized carbons (Fsp3) is 0.762. The highest BCUT2D eigenvalue weighted by Gasteiger charge is 2.44. The number of nitrogens with one attached hydrogen (secondary N) is 1. The Hall–Kier alpha value is -2.09. The minimum atomic E-state index is -0.824. The average Bonchev–Trinajstić information content (AvgIpc) is 2.65. The second-order valence-electron chi connectivity index (χ2n) is 8.88. The van der Waals surface area contributed by atoms with Crippen molar-refractivity contribution in [2.75, 3.05) is 46.4 Å². The standard InChI is InChI=1S/C21H35N3O5/c1-20(2,3)29-19(27)24-12-8-10-21(15-24)16-28-14-7-5-6-9-17(25)23(4)13-11-22-18(21)26/h5,7H,6,8-16H2,1-4H3,(H,22,26)/b7-5-. The van der Waals surface area contributed by atoms with Crippen LogP contribution in [-0.2, 0) is 19.1 Å². The maximum atomic E-state index is 13.1. The van der Waals surface area contributed by atoms with E-state index in [1.54, 1.807) is 16.8 Å². The van der Waals surface area contributed by atoms with Gasteiger partial charge < -0.3 is 24.6 Å². The zero-order valence-electron chi connectivity index (χ0n) is 18.2. The SMILES string of the molecule is CN1CCNC(=O)C2(CCCN(C(=O)OC(C)(C)C)C2)COC/C=C\CCC1=O. The minimum Gasteiger partial charge on any atom is -0.444 e. The quantitative estimate of drug-likeness (QED) is 0.618. The summed E-state index contributed by atoms with van der Waals surface area (Å²) in [5, 5.41) is 2.95. The van der Waals surface area contributed by atoms with Crippen LogP contribution in [-0.4, -0.2) is 79.7 Å². The van der Waals surface area contributed by atoms with Gasteiger partial charge in [0.05, 0.1) is 18.6 Å².